The van der Waals surface area contributed by atoms with E-state index in [1.54, 1.807) is 6.07 Å². The molecule has 0 bridgehead atoms. The van der Waals surface area contributed by atoms with E-state index in [0.717, 1.165) is 5.69 Å². The van der Waals surface area contributed by atoms with E-state index < -0.39 is 0 Å². The van der Waals surface area contributed by atoms with Gasteiger partial charge in [-0.15, -0.1) is 0 Å². The van der Waals surface area contributed by atoms with Crippen LogP contribution in [0.1, 0.15) is 6.92 Å². The first-order chi connectivity index (χ1) is 7.11. The summed E-state index contributed by atoms with van der Waals surface area (Å²) in [5.74, 6) is -0.383. The maximum absolute atomic E-state index is 13.3. The van der Waals surface area contributed by atoms with Crippen LogP contribution in [0.4, 0.5) is 15.8 Å². The summed E-state index contributed by atoms with van der Waals surface area (Å²) in [5.41, 5.74) is 1.39. The number of nitrogens with zero attached hydrogens (tertiary/aromatic N) is 1. The smallest absolute Gasteiger partial charge is 0.243 e. The Hall–Kier alpha value is -1.10. The monoisotopic (exact) mass is 272 g/mol. The van der Waals surface area contributed by atoms with Crippen molar-refractivity contribution in [2.75, 3.05) is 23.3 Å². The number of hydrogen-bond donors (Lipinski definition) is 1. The Kier molecular flexibility index (Phi) is 2.65. The number of likely N-dealkylation sites (N-methyl/N-ethyl adjacent to an activating group) is 1. The van der Waals surface area contributed by atoms with Crippen molar-refractivity contribution in [2.45, 2.75) is 6.92 Å². The molecule has 0 spiro atoms. The third-order valence-electron chi connectivity index (χ3n) is 2.37. The van der Waals surface area contributed by atoms with Gasteiger partial charge < -0.3 is 10.2 Å². The highest BCUT2D eigenvalue weighted by atomic mass is 79.9. The van der Waals surface area contributed by atoms with E-state index in [4.69, 9.17) is 0 Å². The number of carbonyl (C=O) groups is 1. The third-order valence-corrected chi connectivity index (χ3v) is 2.98. The summed E-state index contributed by atoms with van der Waals surface area (Å²) in [6.07, 6.45) is 0. The van der Waals surface area contributed by atoms with Gasteiger partial charge in [0, 0.05) is 12.6 Å². The van der Waals surface area contributed by atoms with Crippen molar-refractivity contribution in [1.29, 1.82) is 0 Å². The van der Waals surface area contributed by atoms with Crippen LogP contribution in [0, 0.1) is 5.82 Å². The zero-order chi connectivity index (χ0) is 11.0. The number of benzene rings is 1. The molecule has 15 heavy (non-hydrogen) atoms. The zero-order valence-corrected chi connectivity index (χ0v) is 9.77. The van der Waals surface area contributed by atoms with Crippen LogP contribution < -0.4 is 10.2 Å². The Morgan fingerprint density at radius 2 is 2.33 bits per heavy atom. The van der Waals surface area contributed by atoms with E-state index in [1.165, 1.54) is 6.07 Å². The molecule has 3 nitrogen and oxygen atoms in total. The van der Waals surface area contributed by atoms with Crippen molar-refractivity contribution in [3.63, 3.8) is 0 Å². The maximum Gasteiger partial charge on any atom is 0.243 e. The average Bonchev–Trinajstić information content (AvgIpc) is 2.19. The standard InChI is InChI=1S/C10H10BrFN2O/c1-2-14-5-10(15)13-8-3-6(11)7(12)4-9(8)14/h3-4H,2,5H2,1H3,(H,13,15). The summed E-state index contributed by atoms with van der Waals surface area (Å²) < 4.78 is 13.7. The highest BCUT2D eigenvalue weighted by Crippen LogP contribution is 2.33. The Labute approximate surface area is 95.4 Å². The summed E-state index contributed by atoms with van der Waals surface area (Å²) in [6.45, 7) is 2.90. The van der Waals surface area contributed by atoms with Gasteiger partial charge in [-0.25, -0.2) is 4.39 Å². The van der Waals surface area contributed by atoms with E-state index in [2.05, 4.69) is 21.2 Å². The molecule has 0 saturated heterocycles. The lowest BCUT2D eigenvalue weighted by Gasteiger charge is -2.30. The second-order valence-corrected chi connectivity index (χ2v) is 4.20. The minimum absolute atomic E-state index is 0.0668. The Morgan fingerprint density at radius 3 is 3.00 bits per heavy atom. The van der Waals surface area contributed by atoms with Gasteiger partial charge in [-0.1, -0.05) is 0 Å². The van der Waals surface area contributed by atoms with E-state index in [-0.39, 0.29) is 18.3 Å². The first kappa shape index (κ1) is 10.4. The molecule has 5 heteroatoms. The van der Waals surface area contributed by atoms with Gasteiger partial charge in [0.1, 0.15) is 5.82 Å². The second-order valence-electron chi connectivity index (χ2n) is 3.35. The molecule has 1 heterocycles. The number of nitrogens with one attached hydrogen (secondary N) is 1. The van der Waals surface area contributed by atoms with Gasteiger partial charge in [0.05, 0.1) is 22.4 Å². The Bertz CT molecular complexity index is 422. The first-order valence-corrected chi connectivity index (χ1v) is 5.45. The lowest BCUT2D eigenvalue weighted by Crippen LogP contribution is -2.38. The van der Waals surface area contributed by atoms with Gasteiger partial charge in [-0.3, -0.25) is 4.79 Å². The molecule has 0 aromatic heterocycles. The number of rotatable bonds is 1. The summed E-state index contributed by atoms with van der Waals surface area (Å²) in [7, 11) is 0. The molecule has 1 aromatic carbocycles. The lowest BCUT2D eigenvalue weighted by molar-refractivity contribution is -0.115. The van der Waals surface area contributed by atoms with E-state index in [9.17, 15) is 9.18 Å². The molecule has 0 radical (unpaired) electrons. The Morgan fingerprint density at radius 1 is 1.60 bits per heavy atom. The molecular weight excluding hydrogens is 263 g/mol. The number of carbonyl (C=O) groups excluding carboxylic acids is 1. The average molecular weight is 273 g/mol. The van der Waals surface area contributed by atoms with Crippen LogP contribution in [-0.4, -0.2) is 19.0 Å². The van der Waals surface area contributed by atoms with Crippen LogP contribution in [0.2, 0.25) is 0 Å². The number of amides is 1. The van der Waals surface area contributed by atoms with Crippen molar-refractivity contribution in [3.05, 3.63) is 22.4 Å². The van der Waals surface area contributed by atoms with Crippen molar-refractivity contribution in [3.8, 4) is 0 Å². The molecule has 1 aliphatic rings. The summed E-state index contributed by atoms with van der Waals surface area (Å²) in [5, 5.41) is 2.71. The summed E-state index contributed by atoms with van der Waals surface area (Å²) >= 11 is 3.09. The number of halogens is 2. The van der Waals surface area contributed by atoms with Crippen molar-refractivity contribution in [1.82, 2.24) is 0 Å². The molecule has 0 fully saturated rings. The van der Waals surface area contributed by atoms with Crippen LogP contribution in [0.5, 0.6) is 0 Å². The largest absolute Gasteiger partial charge is 0.361 e. The van der Waals surface area contributed by atoms with Crippen molar-refractivity contribution >= 4 is 33.2 Å². The van der Waals surface area contributed by atoms with Crippen LogP contribution >= 0.6 is 15.9 Å². The van der Waals surface area contributed by atoms with Crippen LogP contribution in [0.15, 0.2) is 16.6 Å². The molecule has 1 aliphatic heterocycles. The molecule has 2 rings (SSSR count). The van der Waals surface area contributed by atoms with Gasteiger partial charge in [-0.2, -0.15) is 0 Å². The van der Waals surface area contributed by atoms with Crippen LogP contribution in [0.3, 0.4) is 0 Å². The van der Waals surface area contributed by atoms with Crippen molar-refractivity contribution in [2.24, 2.45) is 0 Å². The molecule has 0 saturated carbocycles. The predicted molar refractivity (Wildman–Crippen MR) is 60.6 cm³/mol. The number of anilines is 2. The molecule has 0 aliphatic carbocycles. The van der Waals surface area contributed by atoms with E-state index in [0.29, 0.717) is 16.7 Å². The highest BCUT2D eigenvalue weighted by Gasteiger charge is 2.22. The van der Waals surface area contributed by atoms with Crippen LogP contribution in [0.25, 0.3) is 0 Å². The Balaban J connectivity index is 2.51. The molecule has 80 valence electrons. The van der Waals surface area contributed by atoms with Gasteiger partial charge in [0.25, 0.3) is 0 Å². The summed E-state index contributed by atoms with van der Waals surface area (Å²) in [4.78, 5) is 13.2. The summed E-state index contributed by atoms with van der Waals surface area (Å²) in [6, 6.07) is 3.02. The fourth-order valence-corrected chi connectivity index (χ4v) is 1.97. The maximum atomic E-state index is 13.3. The lowest BCUT2D eigenvalue weighted by atomic mass is 10.2. The zero-order valence-electron chi connectivity index (χ0n) is 8.18. The molecule has 1 amide bonds. The molecule has 1 N–H and O–H groups in total. The second kappa shape index (κ2) is 3.81. The fourth-order valence-electron chi connectivity index (χ4n) is 1.63. The van der Waals surface area contributed by atoms with Gasteiger partial charge in [0.15, 0.2) is 0 Å². The molecular formula is C10H10BrFN2O. The number of fused-ring (bicyclic) bond motifs is 1. The SMILES string of the molecule is CCN1CC(=O)Nc2cc(Br)c(F)cc21. The van der Waals surface area contributed by atoms with Crippen molar-refractivity contribution < 1.29 is 9.18 Å². The normalized spacial score (nSPS) is 14.9. The topological polar surface area (TPSA) is 32.3 Å². The molecule has 0 atom stereocenters. The van der Waals surface area contributed by atoms with E-state index >= 15 is 0 Å². The predicted octanol–water partition coefficient (Wildman–Crippen LogP) is 2.37. The molecule has 0 unspecified atom stereocenters. The quantitative estimate of drug-likeness (QED) is 0.852. The minimum Gasteiger partial charge on any atom is -0.361 e. The first-order valence-electron chi connectivity index (χ1n) is 4.65. The van der Waals surface area contributed by atoms with Gasteiger partial charge in [-0.05, 0) is 28.9 Å². The molecule has 1 aromatic rings. The third kappa shape index (κ3) is 1.84. The van der Waals surface area contributed by atoms with E-state index in [1.807, 2.05) is 11.8 Å². The fraction of sp³-hybridized carbons (Fsp3) is 0.300. The minimum atomic E-state index is -0.316. The van der Waals surface area contributed by atoms with Gasteiger partial charge >= 0.3 is 0 Å². The highest BCUT2D eigenvalue weighted by molar-refractivity contribution is 9.10. The number of hydrogen-bond acceptors (Lipinski definition) is 2. The van der Waals surface area contributed by atoms with Crippen LogP contribution in [-0.2, 0) is 4.79 Å². The van der Waals surface area contributed by atoms with Gasteiger partial charge in [0.2, 0.25) is 5.91 Å².